The van der Waals surface area contributed by atoms with Gasteiger partial charge in [-0.1, -0.05) is 85.6 Å². The molecule has 6 heteroatoms. The second-order valence-electron chi connectivity index (χ2n) is 14.6. The molecule has 1 saturated heterocycles. The average molecular weight is 649 g/mol. The number of aryl methyl sites for hydroxylation is 2. The Bertz CT molecular complexity index is 1580. The molecular formula is C42H52N2O4. The van der Waals surface area contributed by atoms with Crippen LogP contribution in [0.1, 0.15) is 80.5 Å². The van der Waals surface area contributed by atoms with Gasteiger partial charge in [0.15, 0.2) is 11.5 Å². The van der Waals surface area contributed by atoms with Crippen LogP contribution >= 0.6 is 0 Å². The maximum atomic E-state index is 13.0. The van der Waals surface area contributed by atoms with Crippen LogP contribution in [0.4, 0.5) is 0 Å². The van der Waals surface area contributed by atoms with Crippen LogP contribution in [-0.4, -0.2) is 70.8 Å². The number of piperidine rings is 1. The van der Waals surface area contributed by atoms with Gasteiger partial charge in [0.1, 0.15) is 6.10 Å². The van der Waals surface area contributed by atoms with E-state index in [4.69, 9.17) is 9.47 Å². The topological polar surface area (TPSA) is 62.2 Å². The molecule has 1 N–H and O–H groups in total. The molecule has 2 heterocycles. The highest BCUT2D eigenvalue weighted by molar-refractivity contribution is 5.72. The molecular weight excluding hydrogens is 596 g/mol. The predicted octanol–water partition coefficient (Wildman–Crippen LogP) is 7.06. The standard InChI is InChI=1S/C42H52N2O4/c1-3-26-44-29-25-41-38-34-21-22-36(47-31(2)45)39(38)48-40(41)35(23-24-42(41,46)37(44)30-34)43(28-14-20-33-18-11-7-12-19-33)27-13-5-4-8-15-32-16-9-6-10-17-32/h3,6-7,9-12,16-19,21-22,35,37,40,46H,1,4-5,8,13-15,20,23-30H2,2H3/t35?,37-,40?,41+,42-/m1/s1. The van der Waals surface area contributed by atoms with Gasteiger partial charge in [0.05, 0.1) is 11.0 Å². The molecule has 2 aliphatic carbocycles. The first-order chi connectivity index (χ1) is 23.4. The number of carbonyl (C=O) groups is 1. The van der Waals surface area contributed by atoms with Crippen LogP contribution in [0.2, 0.25) is 0 Å². The molecule has 1 saturated carbocycles. The van der Waals surface area contributed by atoms with Gasteiger partial charge in [-0.2, -0.15) is 0 Å². The predicted molar refractivity (Wildman–Crippen MR) is 191 cm³/mol. The van der Waals surface area contributed by atoms with Crippen LogP contribution in [0, 0.1) is 0 Å². The lowest BCUT2D eigenvalue weighted by molar-refractivity contribution is -0.198. The molecule has 0 radical (unpaired) electrons. The number of esters is 1. The second kappa shape index (κ2) is 14.2. The van der Waals surface area contributed by atoms with E-state index in [1.165, 1.54) is 42.9 Å². The largest absolute Gasteiger partial charge is 0.483 e. The molecule has 3 aromatic rings. The van der Waals surface area contributed by atoms with Crippen molar-refractivity contribution in [1.82, 2.24) is 9.80 Å². The van der Waals surface area contributed by atoms with Gasteiger partial charge in [-0.05, 0) is 100 Å². The monoisotopic (exact) mass is 648 g/mol. The quantitative estimate of drug-likeness (QED) is 0.0825. The smallest absolute Gasteiger partial charge is 0.308 e. The number of nitrogens with zero attached hydrogens (tertiary/aromatic N) is 2. The molecule has 254 valence electrons. The normalized spacial score (nSPS) is 26.9. The van der Waals surface area contributed by atoms with Crippen LogP contribution in [0.25, 0.3) is 0 Å². The Morgan fingerprint density at radius 1 is 0.958 bits per heavy atom. The van der Waals surface area contributed by atoms with Gasteiger partial charge >= 0.3 is 5.97 Å². The summed E-state index contributed by atoms with van der Waals surface area (Å²) in [6.07, 6.45) is 13.0. The summed E-state index contributed by atoms with van der Waals surface area (Å²) in [6, 6.07) is 25.8. The van der Waals surface area contributed by atoms with Gasteiger partial charge in [0.2, 0.25) is 0 Å². The number of hydrogen-bond acceptors (Lipinski definition) is 6. The molecule has 4 aliphatic rings. The van der Waals surface area contributed by atoms with Crippen molar-refractivity contribution in [3.8, 4) is 11.5 Å². The summed E-state index contributed by atoms with van der Waals surface area (Å²) in [6.45, 7) is 9.15. The maximum absolute atomic E-state index is 13.0. The SMILES string of the molecule is C=CCN1CC[C@]23c4c5ccc(OC(C)=O)c4OC2C(N(CCCCCCc2ccccc2)CCCc2ccccc2)CC[C@@]3(O)[C@H]1C5. The number of benzene rings is 3. The maximum Gasteiger partial charge on any atom is 0.308 e. The van der Waals surface area contributed by atoms with E-state index < -0.39 is 11.0 Å². The number of unbranched alkanes of at least 4 members (excludes halogenated alkanes) is 3. The zero-order chi connectivity index (χ0) is 33.1. The number of ether oxygens (including phenoxy) is 2. The molecule has 2 aliphatic heterocycles. The molecule has 5 atom stereocenters. The molecule has 0 amide bonds. The third-order valence-electron chi connectivity index (χ3n) is 11.9. The van der Waals surface area contributed by atoms with Crippen molar-refractivity contribution in [2.45, 2.75) is 107 Å². The minimum absolute atomic E-state index is 0.00507. The highest BCUT2D eigenvalue weighted by atomic mass is 16.6. The van der Waals surface area contributed by atoms with Crippen molar-refractivity contribution in [3.05, 3.63) is 108 Å². The minimum Gasteiger partial charge on any atom is -0.483 e. The van der Waals surface area contributed by atoms with E-state index in [0.29, 0.717) is 11.5 Å². The van der Waals surface area contributed by atoms with E-state index >= 15 is 0 Å². The Morgan fingerprint density at radius 2 is 1.65 bits per heavy atom. The zero-order valence-electron chi connectivity index (χ0n) is 28.6. The van der Waals surface area contributed by atoms with Gasteiger partial charge in [-0.25, -0.2) is 0 Å². The first-order valence-electron chi connectivity index (χ1n) is 18.4. The Balaban J connectivity index is 1.15. The highest BCUT2D eigenvalue weighted by Gasteiger charge is 2.73. The lowest BCUT2D eigenvalue weighted by atomic mass is 9.48. The Labute approximate surface area is 286 Å². The lowest BCUT2D eigenvalue weighted by Crippen LogP contribution is -2.78. The fourth-order valence-electron chi connectivity index (χ4n) is 9.80. The van der Waals surface area contributed by atoms with Gasteiger partial charge in [0.25, 0.3) is 0 Å². The number of carbonyl (C=O) groups excluding carboxylic acids is 1. The third kappa shape index (κ3) is 6.01. The number of rotatable bonds is 15. The molecule has 3 aromatic carbocycles. The van der Waals surface area contributed by atoms with Crippen LogP contribution in [0.5, 0.6) is 11.5 Å². The van der Waals surface area contributed by atoms with E-state index in [-0.39, 0.29) is 24.2 Å². The van der Waals surface area contributed by atoms with Crippen molar-refractivity contribution < 1.29 is 19.4 Å². The van der Waals surface area contributed by atoms with Crippen molar-refractivity contribution in [2.24, 2.45) is 0 Å². The van der Waals surface area contributed by atoms with Crippen molar-refractivity contribution in [2.75, 3.05) is 26.2 Å². The Hall–Kier alpha value is -3.45. The lowest BCUT2D eigenvalue weighted by Gasteiger charge is -2.65. The third-order valence-corrected chi connectivity index (χ3v) is 11.9. The van der Waals surface area contributed by atoms with E-state index in [1.54, 1.807) is 0 Å². The van der Waals surface area contributed by atoms with E-state index in [0.717, 1.165) is 83.1 Å². The zero-order valence-corrected chi connectivity index (χ0v) is 28.6. The summed E-state index contributed by atoms with van der Waals surface area (Å²) in [7, 11) is 0. The average Bonchev–Trinajstić information content (AvgIpc) is 3.44. The first kappa shape index (κ1) is 33.1. The molecule has 2 bridgehead atoms. The number of likely N-dealkylation sites (tertiary alicyclic amines) is 1. The van der Waals surface area contributed by atoms with E-state index in [1.807, 2.05) is 12.1 Å². The molecule has 2 fully saturated rings. The summed E-state index contributed by atoms with van der Waals surface area (Å²) >= 11 is 0. The fraction of sp³-hybridized carbons (Fsp3) is 0.500. The van der Waals surface area contributed by atoms with Gasteiger partial charge in [0, 0.05) is 31.1 Å². The van der Waals surface area contributed by atoms with Crippen molar-refractivity contribution in [1.29, 1.82) is 0 Å². The van der Waals surface area contributed by atoms with E-state index in [9.17, 15) is 9.90 Å². The van der Waals surface area contributed by atoms with Crippen LogP contribution in [0.15, 0.2) is 85.5 Å². The molecule has 1 spiro atoms. The van der Waals surface area contributed by atoms with Crippen LogP contribution < -0.4 is 9.47 Å². The molecule has 0 aromatic heterocycles. The summed E-state index contributed by atoms with van der Waals surface area (Å²) in [5, 5.41) is 13.0. The van der Waals surface area contributed by atoms with Crippen LogP contribution in [0.3, 0.4) is 0 Å². The molecule has 48 heavy (non-hydrogen) atoms. The van der Waals surface area contributed by atoms with E-state index in [2.05, 4.69) is 83.1 Å². The minimum atomic E-state index is -0.921. The van der Waals surface area contributed by atoms with Crippen LogP contribution in [-0.2, 0) is 29.5 Å². The first-order valence-corrected chi connectivity index (χ1v) is 18.4. The van der Waals surface area contributed by atoms with Crippen molar-refractivity contribution >= 4 is 5.97 Å². The summed E-state index contributed by atoms with van der Waals surface area (Å²) in [5.74, 6) is 0.837. The molecule has 7 rings (SSSR count). The number of hydrogen-bond donors (Lipinski definition) is 1. The summed E-state index contributed by atoms with van der Waals surface area (Å²) < 4.78 is 12.9. The summed E-state index contributed by atoms with van der Waals surface area (Å²) in [4.78, 5) is 17.3. The molecule has 2 unspecified atom stereocenters. The van der Waals surface area contributed by atoms with Gasteiger partial charge in [-0.15, -0.1) is 6.58 Å². The summed E-state index contributed by atoms with van der Waals surface area (Å²) in [5.41, 5.74) is 3.67. The Morgan fingerprint density at radius 3 is 2.35 bits per heavy atom. The number of aliphatic hydroxyl groups is 1. The van der Waals surface area contributed by atoms with Gasteiger partial charge in [-0.3, -0.25) is 14.6 Å². The second-order valence-corrected chi connectivity index (χ2v) is 14.6. The highest BCUT2D eigenvalue weighted by Crippen LogP contribution is 2.66. The fourth-order valence-corrected chi connectivity index (χ4v) is 9.80. The Kier molecular flexibility index (Phi) is 9.77. The van der Waals surface area contributed by atoms with Crippen molar-refractivity contribution in [3.63, 3.8) is 0 Å². The van der Waals surface area contributed by atoms with Gasteiger partial charge < -0.3 is 14.6 Å². The molecule has 6 nitrogen and oxygen atoms in total.